The Morgan fingerprint density at radius 1 is 1.39 bits per heavy atom. The van der Waals surface area contributed by atoms with E-state index < -0.39 is 6.10 Å². The van der Waals surface area contributed by atoms with E-state index in [2.05, 4.69) is 12.2 Å². The molecule has 4 nitrogen and oxygen atoms in total. The zero-order valence-corrected chi connectivity index (χ0v) is 10.9. The molecule has 18 heavy (non-hydrogen) atoms. The number of ether oxygens (including phenoxy) is 2. The molecule has 1 heterocycles. The van der Waals surface area contributed by atoms with Gasteiger partial charge in [-0.1, -0.05) is 12.1 Å². The molecule has 1 aromatic rings. The molecule has 0 bridgehead atoms. The number of benzene rings is 1. The molecular formula is C14H21NO3. The summed E-state index contributed by atoms with van der Waals surface area (Å²) in [5.41, 5.74) is 0.913. The van der Waals surface area contributed by atoms with Crippen LogP contribution in [-0.4, -0.2) is 37.5 Å². The van der Waals surface area contributed by atoms with E-state index in [9.17, 15) is 5.11 Å². The molecule has 1 aliphatic heterocycles. The van der Waals surface area contributed by atoms with Crippen molar-refractivity contribution in [2.24, 2.45) is 0 Å². The van der Waals surface area contributed by atoms with Crippen LogP contribution in [0.4, 0.5) is 0 Å². The van der Waals surface area contributed by atoms with Crippen molar-refractivity contribution < 1.29 is 14.6 Å². The van der Waals surface area contributed by atoms with Gasteiger partial charge >= 0.3 is 0 Å². The second-order valence-electron chi connectivity index (χ2n) is 4.83. The highest BCUT2D eigenvalue weighted by molar-refractivity contribution is 5.28. The van der Waals surface area contributed by atoms with Gasteiger partial charge in [-0.3, -0.25) is 0 Å². The first-order chi connectivity index (χ1) is 8.69. The molecule has 0 amide bonds. The minimum atomic E-state index is -0.470. The van der Waals surface area contributed by atoms with Crippen molar-refractivity contribution in [3.05, 3.63) is 29.8 Å². The summed E-state index contributed by atoms with van der Waals surface area (Å²) in [5, 5.41) is 13.6. The maximum atomic E-state index is 10.2. The van der Waals surface area contributed by atoms with E-state index in [0.29, 0.717) is 19.1 Å². The largest absolute Gasteiger partial charge is 0.497 e. The number of morpholine rings is 1. The van der Waals surface area contributed by atoms with Crippen LogP contribution in [0.15, 0.2) is 24.3 Å². The van der Waals surface area contributed by atoms with Crippen molar-refractivity contribution in [1.29, 1.82) is 0 Å². The van der Waals surface area contributed by atoms with Gasteiger partial charge in [0.2, 0.25) is 0 Å². The van der Waals surface area contributed by atoms with Gasteiger partial charge < -0.3 is 19.9 Å². The number of aliphatic hydroxyl groups excluding tert-OH is 1. The van der Waals surface area contributed by atoms with E-state index >= 15 is 0 Å². The summed E-state index contributed by atoms with van der Waals surface area (Å²) in [6, 6.07) is 8.10. The monoisotopic (exact) mass is 251 g/mol. The molecule has 1 fully saturated rings. The average Bonchev–Trinajstić information content (AvgIpc) is 2.39. The standard InChI is InChI=1S/C14H21NO3/c1-10-8-18-9-12(15-10)7-14(16)11-3-5-13(17-2)6-4-11/h3-6,10,12,14-16H,7-9H2,1-2H3. The van der Waals surface area contributed by atoms with E-state index in [4.69, 9.17) is 9.47 Å². The molecule has 2 N–H and O–H groups in total. The first-order valence-corrected chi connectivity index (χ1v) is 6.35. The van der Waals surface area contributed by atoms with E-state index in [1.165, 1.54) is 0 Å². The topological polar surface area (TPSA) is 50.7 Å². The molecular weight excluding hydrogens is 230 g/mol. The van der Waals surface area contributed by atoms with Gasteiger partial charge in [0.1, 0.15) is 5.75 Å². The summed E-state index contributed by atoms with van der Waals surface area (Å²) in [4.78, 5) is 0. The molecule has 0 saturated carbocycles. The highest BCUT2D eigenvalue weighted by Crippen LogP contribution is 2.22. The van der Waals surface area contributed by atoms with E-state index in [-0.39, 0.29) is 6.04 Å². The molecule has 0 aliphatic carbocycles. The van der Waals surface area contributed by atoms with Crippen molar-refractivity contribution in [1.82, 2.24) is 5.32 Å². The number of hydrogen-bond acceptors (Lipinski definition) is 4. The Bertz CT molecular complexity index is 366. The molecule has 100 valence electrons. The summed E-state index contributed by atoms with van der Waals surface area (Å²) in [6.07, 6.45) is 0.193. The molecule has 0 spiro atoms. The molecule has 3 atom stereocenters. The number of hydrogen-bond donors (Lipinski definition) is 2. The minimum Gasteiger partial charge on any atom is -0.497 e. The molecule has 4 heteroatoms. The van der Waals surface area contributed by atoms with Gasteiger partial charge in [-0.25, -0.2) is 0 Å². The SMILES string of the molecule is COc1ccc(C(O)CC2COCC(C)N2)cc1. The van der Waals surface area contributed by atoms with E-state index in [0.717, 1.165) is 17.9 Å². The first-order valence-electron chi connectivity index (χ1n) is 6.35. The Labute approximate surface area is 108 Å². The van der Waals surface area contributed by atoms with Gasteiger partial charge in [-0.2, -0.15) is 0 Å². The van der Waals surface area contributed by atoms with Crippen molar-refractivity contribution in [2.45, 2.75) is 31.5 Å². The Kier molecular flexibility index (Phi) is 4.58. The van der Waals surface area contributed by atoms with Gasteiger partial charge in [0.25, 0.3) is 0 Å². The van der Waals surface area contributed by atoms with Gasteiger partial charge in [0.05, 0.1) is 26.4 Å². The highest BCUT2D eigenvalue weighted by Gasteiger charge is 2.21. The van der Waals surface area contributed by atoms with Crippen molar-refractivity contribution in [3.8, 4) is 5.75 Å². The number of rotatable bonds is 4. The number of aliphatic hydroxyl groups is 1. The van der Waals surface area contributed by atoms with Crippen LogP contribution in [0.5, 0.6) is 5.75 Å². The van der Waals surface area contributed by atoms with Crippen LogP contribution < -0.4 is 10.1 Å². The van der Waals surface area contributed by atoms with Crippen LogP contribution >= 0.6 is 0 Å². The lowest BCUT2D eigenvalue weighted by atomic mass is 10.0. The fourth-order valence-electron chi connectivity index (χ4n) is 2.25. The second-order valence-corrected chi connectivity index (χ2v) is 4.83. The predicted molar refractivity (Wildman–Crippen MR) is 69.8 cm³/mol. The van der Waals surface area contributed by atoms with Crippen LogP contribution in [0, 0.1) is 0 Å². The van der Waals surface area contributed by atoms with Crippen molar-refractivity contribution in [2.75, 3.05) is 20.3 Å². The molecule has 0 radical (unpaired) electrons. The zero-order valence-electron chi connectivity index (χ0n) is 10.9. The summed E-state index contributed by atoms with van der Waals surface area (Å²) >= 11 is 0. The molecule has 1 saturated heterocycles. The van der Waals surface area contributed by atoms with Crippen molar-refractivity contribution in [3.63, 3.8) is 0 Å². The maximum Gasteiger partial charge on any atom is 0.118 e. The maximum absolute atomic E-state index is 10.2. The number of methoxy groups -OCH3 is 1. The van der Waals surface area contributed by atoms with E-state index in [1.807, 2.05) is 24.3 Å². The van der Waals surface area contributed by atoms with Crippen LogP contribution in [0.25, 0.3) is 0 Å². The smallest absolute Gasteiger partial charge is 0.118 e. The summed E-state index contributed by atoms with van der Waals surface area (Å²) in [7, 11) is 1.64. The molecule has 1 aromatic carbocycles. The summed E-state index contributed by atoms with van der Waals surface area (Å²) < 4.78 is 10.6. The van der Waals surface area contributed by atoms with Crippen LogP contribution in [-0.2, 0) is 4.74 Å². The normalized spacial score (nSPS) is 25.7. The van der Waals surface area contributed by atoms with Gasteiger partial charge in [0, 0.05) is 12.1 Å². The lowest BCUT2D eigenvalue weighted by Crippen LogP contribution is -2.47. The predicted octanol–water partition coefficient (Wildman–Crippen LogP) is 1.50. The van der Waals surface area contributed by atoms with Gasteiger partial charge in [-0.05, 0) is 31.0 Å². The van der Waals surface area contributed by atoms with E-state index in [1.54, 1.807) is 7.11 Å². The van der Waals surface area contributed by atoms with Crippen LogP contribution in [0.3, 0.4) is 0 Å². The zero-order chi connectivity index (χ0) is 13.0. The van der Waals surface area contributed by atoms with Gasteiger partial charge in [-0.15, -0.1) is 0 Å². The Balaban J connectivity index is 1.91. The third-order valence-electron chi connectivity index (χ3n) is 3.22. The molecule has 2 rings (SSSR count). The number of nitrogens with one attached hydrogen (secondary N) is 1. The summed E-state index contributed by atoms with van der Waals surface area (Å²) in [6.45, 7) is 3.50. The van der Waals surface area contributed by atoms with Crippen molar-refractivity contribution >= 4 is 0 Å². The fraction of sp³-hybridized carbons (Fsp3) is 0.571. The average molecular weight is 251 g/mol. The third-order valence-corrected chi connectivity index (χ3v) is 3.22. The minimum absolute atomic E-state index is 0.214. The summed E-state index contributed by atoms with van der Waals surface area (Å²) in [5.74, 6) is 0.804. The Hall–Kier alpha value is -1.10. The lowest BCUT2D eigenvalue weighted by Gasteiger charge is -2.30. The molecule has 1 aliphatic rings. The van der Waals surface area contributed by atoms with Crippen LogP contribution in [0.1, 0.15) is 25.0 Å². The third kappa shape index (κ3) is 3.45. The fourth-order valence-corrected chi connectivity index (χ4v) is 2.25. The second kappa shape index (κ2) is 6.18. The molecule has 0 aromatic heterocycles. The Morgan fingerprint density at radius 2 is 2.11 bits per heavy atom. The first kappa shape index (κ1) is 13.3. The van der Waals surface area contributed by atoms with Gasteiger partial charge in [0.15, 0.2) is 0 Å². The molecule has 3 unspecified atom stereocenters. The quantitative estimate of drug-likeness (QED) is 0.851. The lowest BCUT2D eigenvalue weighted by molar-refractivity contribution is 0.0304. The Morgan fingerprint density at radius 3 is 2.72 bits per heavy atom. The highest BCUT2D eigenvalue weighted by atomic mass is 16.5. The van der Waals surface area contributed by atoms with Crippen LogP contribution in [0.2, 0.25) is 0 Å².